The van der Waals surface area contributed by atoms with Crippen molar-refractivity contribution in [1.29, 1.82) is 0 Å². The summed E-state index contributed by atoms with van der Waals surface area (Å²) in [6, 6.07) is 4.04. The summed E-state index contributed by atoms with van der Waals surface area (Å²) >= 11 is 0. The minimum absolute atomic E-state index is 0.0576. The van der Waals surface area contributed by atoms with Crippen molar-refractivity contribution in [1.82, 2.24) is 15.1 Å². The summed E-state index contributed by atoms with van der Waals surface area (Å²) in [7, 11) is 1.42. The molecule has 0 unspecified atom stereocenters. The molecular weight excluding hydrogens is 408 g/mol. The highest BCUT2D eigenvalue weighted by Gasteiger charge is 2.32. The van der Waals surface area contributed by atoms with Crippen molar-refractivity contribution >= 4 is 11.8 Å². The average Bonchev–Trinajstić information content (AvgIpc) is 3.42. The molecule has 4 rings (SSSR count). The van der Waals surface area contributed by atoms with Crippen LogP contribution in [0.25, 0.3) is 11.1 Å². The molecule has 3 heterocycles. The first-order chi connectivity index (χ1) is 15.3. The molecule has 0 radical (unpaired) electrons. The van der Waals surface area contributed by atoms with Crippen LogP contribution in [-0.4, -0.2) is 59.4 Å². The molecule has 1 saturated heterocycles. The number of fused-ring (bicyclic) bond motifs is 1. The summed E-state index contributed by atoms with van der Waals surface area (Å²) in [5.74, 6) is 1.29. The largest absolute Gasteiger partial charge is 0.492 e. The zero-order valence-electron chi connectivity index (χ0n) is 19.4. The fourth-order valence-corrected chi connectivity index (χ4v) is 4.62. The van der Waals surface area contributed by atoms with Gasteiger partial charge >= 0.3 is 6.09 Å². The van der Waals surface area contributed by atoms with E-state index in [4.69, 9.17) is 9.47 Å². The van der Waals surface area contributed by atoms with Crippen LogP contribution in [-0.2, 0) is 17.7 Å². The third kappa shape index (κ3) is 4.76. The zero-order valence-corrected chi connectivity index (χ0v) is 19.4. The molecule has 0 bridgehead atoms. The standard InChI is InChI=1S/C24H34N4O4/c1-16-5-6-20-21(28(16)23(29)31-4)8-7-19(22(20)32-14-17-9-10-25-11-17)18-12-26-27(13-18)15-24(2,3)30/h7-8,12-13,16-17,25,30H,5-6,9-11,14-15H2,1-4H3/t16-,17-/m0/s1. The molecule has 32 heavy (non-hydrogen) atoms. The Morgan fingerprint density at radius 3 is 2.84 bits per heavy atom. The number of nitrogens with zero attached hydrogens (tertiary/aromatic N) is 3. The van der Waals surface area contributed by atoms with Crippen LogP contribution in [0, 0.1) is 5.92 Å². The van der Waals surface area contributed by atoms with E-state index in [1.807, 2.05) is 25.3 Å². The Balaban J connectivity index is 1.73. The second-order valence-electron chi connectivity index (χ2n) is 9.58. The number of ether oxygens (including phenoxy) is 2. The van der Waals surface area contributed by atoms with E-state index >= 15 is 0 Å². The Morgan fingerprint density at radius 2 is 2.16 bits per heavy atom. The molecular formula is C24H34N4O4. The maximum Gasteiger partial charge on any atom is 0.414 e. The Labute approximate surface area is 189 Å². The number of hydrogen-bond donors (Lipinski definition) is 2. The van der Waals surface area contributed by atoms with E-state index in [-0.39, 0.29) is 12.1 Å². The fraction of sp³-hybridized carbons (Fsp3) is 0.583. The van der Waals surface area contributed by atoms with E-state index in [2.05, 4.69) is 10.4 Å². The summed E-state index contributed by atoms with van der Waals surface area (Å²) in [4.78, 5) is 14.3. The van der Waals surface area contributed by atoms with Gasteiger partial charge in [0, 0.05) is 41.4 Å². The van der Waals surface area contributed by atoms with E-state index in [0.717, 1.165) is 60.5 Å². The van der Waals surface area contributed by atoms with Crippen molar-refractivity contribution in [2.75, 3.05) is 31.7 Å². The number of nitrogens with one attached hydrogen (secondary N) is 1. The summed E-state index contributed by atoms with van der Waals surface area (Å²) in [6.07, 6.45) is 6.15. The van der Waals surface area contributed by atoms with Crippen LogP contribution in [0.5, 0.6) is 5.75 Å². The lowest BCUT2D eigenvalue weighted by atomic mass is 9.92. The molecule has 8 heteroatoms. The van der Waals surface area contributed by atoms with Gasteiger partial charge in [0.05, 0.1) is 37.7 Å². The number of carbonyl (C=O) groups is 1. The molecule has 1 amide bonds. The molecule has 2 aliphatic heterocycles. The molecule has 1 aromatic carbocycles. The Bertz CT molecular complexity index is 959. The van der Waals surface area contributed by atoms with Crippen LogP contribution in [0.4, 0.5) is 10.5 Å². The first-order valence-corrected chi connectivity index (χ1v) is 11.4. The molecule has 0 aliphatic carbocycles. The Hall–Kier alpha value is -2.58. The predicted molar refractivity (Wildman–Crippen MR) is 123 cm³/mol. The number of anilines is 1. The van der Waals surface area contributed by atoms with Crippen LogP contribution in [0.2, 0.25) is 0 Å². The van der Waals surface area contributed by atoms with Gasteiger partial charge in [-0.3, -0.25) is 9.58 Å². The van der Waals surface area contributed by atoms with Gasteiger partial charge in [0.1, 0.15) is 5.75 Å². The fourth-order valence-electron chi connectivity index (χ4n) is 4.62. The SMILES string of the molecule is COC(=O)N1c2ccc(-c3cnn(CC(C)(C)O)c3)c(OC[C@H]3CCNC3)c2CC[C@@H]1C. The van der Waals surface area contributed by atoms with Gasteiger partial charge in [-0.25, -0.2) is 4.79 Å². The Morgan fingerprint density at radius 1 is 1.34 bits per heavy atom. The van der Waals surface area contributed by atoms with E-state index in [1.165, 1.54) is 7.11 Å². The number of benzene rings is 1. The van der Waals surface area contributed by atoms with Gasteiger partial charge in [-0.05, 0) is 58.7 Å². The number of amides is 1. The second kappa shape index (κ2) is 9.11. The van der Waals surface area contributed by atoms with Crippen molar-refractivity contribution in [2.45, 2.75) is 58.2 Å². The Kier molecular flexibility index (Phi) is 6.44. The lowest BCUT2D eigenvalue weighted by Gasteiger charge is -2.35. The highest BCUT2D eigenvalue weighted by Crippen LogP contribution is 2.43. The minimum atomic E-state index is -0.856. The molecule has 2 N–H and O–H groups in total. The van der Waals surface area contributed by atoms with E-state index in [0.29, 0.717) is 19.1 Å². The van der Waals surface area contributed by atoms with Crippen molar-refractivity contribution in [2.24, 2.45) is 5.92 Å². The molecule has 2 aromatic rings. The topological polar surface area (TPSA) is 88.9 Å². The van der Waals surface area contributed by atoms with Gasteiger partial charge in [-0.15, -0.1) is 0 Å². The number of aromatic nitrogens is 2. The average molecular weight is 443 g/mol. The number of hydrogen-bond acceptors (Lipinski definition) is 6. The van der Waals surface area contributed by atoms with Crippen molar-refractivity contribution in [3.05, 3.63) is 30.1 Å². The molecule has 0 spiro atoms. The summed E-state index contributed by atoms with van der Waals surface area (Å²) in [5, 5.41) is 18.0. The quantitative estimate of drug-likeness (QED) is 0.714. The van der Waals surface area contributed by atoms with Crippen LogP contribution < -0.4 is 15.0 Å². The monoisotopic (exact) mass is 442 g/mol. The van der Waals surface area contributed by atoms with Gasteiger partial charge in [0.15, 0.2) is 0 Å². The lowest BCUT2D eigenvalue weighted by molar-refractivity contribution is 0.0577. The smallest absolute Gasteiger partial charge is 0.414 e. The van der Waals surface area contributed by atoms with Crippen LogP contribution in [0.3, 0.4) is 0 Å². The van der Waals surface area contributed by atoms with Crippen molar-refractivity contribution in [3.63, 3.8) is 0 Å². The number of rotatable bonds is 6. The first kappa shape index (κ1) is 22.6. The molecule has 1 aromatic heterocycles. The van der Waals surface area contributed by atoms with Gasteiger partial charge < -0.3 is 19.9 Å². The summed E-state index contributed by atoms with van der Waals surface area (Å²) < 4.78 is 13.3. The van der Waals surface area contributed by atoms with Crippen molar-refractivity contribution in [3.8, 4) is 16.9 Å². The van der Waals surface area contributed by atoms with Crippen molar-refractivity contribution < 1.29 is 19.4 Å². The highest BCUT2D eigenvalue weighted by molar-refractivity contribution is 5.92. The number of aliphatic hydroxyl groups is 1. The summed E-state index contributed by atoms with van der Waals surface area (Å²) in [6.45, 7) is 8.57. The van der Waals surface area contributed by atoms with Gasteiger partial charge in [-0.1, -0.05) is 0 Å². The predicted octanol–water partition coefficient (Wildman–Crippen LogP) is 3.22. The van der Waals surface area contributed by atoms with E-state index in [1.54, 1.807) is 29.6 Å². The minimum Gasteiger partial charge on any atom is -0.492 e. The summed E-state index contributed by atoms with van der Waals surface area (Å²) in [5.41, 5.74) is 2.91. The normalized spacial score (nSPS) is 20.8. The molecule has 0 saturated carbocycles. The zero-order chi connectivity index (χ0) is 22.9. The molecule has 1 fully saturated rings. The maximum absolute atomic E-state index is 12.5. The second-order valence-corrected chi connectivity index (χ2v) is 9.58. The lowest BCUT2D eigenvalue weighted by Crippen LogP contribution is -2.42. The van der Waals surface area contributed by atoms with Gasteiger partial charge in [0.25, 0.3) is 0 Å². The third-order valence-corrected chi connectivity index (χ3v) is 6.24. The molecule has 8 nitrogen and oxygen atoms in total. The van der Waals surface area contributed by atoms with E-state index < -0.39 is 5.60 Å². The molecule has 174 valence electrons. The highest BCUT2D eigenvalue weighted by atomic mass is 16.5. The molecule has 2 aliphatic rings. The van der Waals surface area contributed by atoms with Gasteiger partial charge in [0.2, 0.25) is 0 Å². The van der Waals surface area contributed by atoms with Gasteiger partial charge in [-0.2, -0.15) is 5.10 Å². The van der Waals surface area contributed by atoms with E-state index in [9.17, 15) is 9.90 Å². The molecule has 2 atom stereocenters. The first-order valence-electron chi connectivity index (χ1n) is 11.4. The van der Waals surface area contributed by atoms with Crippen LogP contribution >= 0.6 is 0 Å². The number of methoxy groups -OCH3 is 1. The maximum atomic E-state index is 12.5. The third-order valence-electron chi connectivity index (χ3n) is 6.24. The van der Waals surface area contributed by atoms with Crippen LogP contribution in [0.1, 0.15) is 39.2 Å². The van der Waals surface area contributed by atoms with Crippen LogP contribution in [0.15, 0.2) is 24.5 Å². The number of carbonyl (C=O) groups excluding carboxylic acids is 1.